The van der Waals surface area contributed by atoms with Crippen molar-refractivity contribution in [1.82, 2.24) is 19.7 Å². The molecule has 1 aliphatic heterocycles. The van der Waals surface area contributed by atoms with Crippen LogP contribution in [0.15, 0.2) is 34.8 Å². The second-order valence-corrected chi connectivity index (χ2v) is 10.6. The van der Waals surface area contributed by atoms with Gasteiger partial charge in [-0.25, -0.2) is 4.98 Å². The van der Waals surface area contributed by atoms with E-state index in [9.17, 15) is 4.79 Å². The molecule has 164 valence electrons. The van der Waals surface area contributed by atoms with Crippen LogP contribution in [0.4, 0.5) is 5.13 Å². The average molecular weight is 486 g/mol. The van der Waals surface area contributed by atoms with Crippen LogP contribution in [0.3, 0.4) is 0 Å². The Hall–Kier alpha value is -2.63. The van der Waals surface area contributed by atoms with Gasteiger partial charge in [0.05, 0.1) is 16.0 Å². The largest absolute Gasteiger partial charge is 0.486 e. The molecule has 11 heteroatoms. The van der Waals surface area contributed by atoms with Crippen molar-refractivity contribution >= 4 is 55.7 Å². The number of ether oxygens (including phenoxy) is 2. The van der Waals surface area contributed by atoms with Crippen LogP contribution >= 0.6 is 34.4 Å². The number of thiazole rings is 1. The number of anilines is 1. The molecule has 32 heavy (non-hydrogen) atoms. The lowest BCUT2D eigenvalue weighted by atomic mass is 10.3. The number of hydrogen-bond donors (Lipinski definition) is 1. The van der Waals surface area contributed by atoms with Gasteiger partial charge in [-0.3, -0.25) is 4.79 Å². The fourth-order valence-electron chi connectivity index (χ4n) is 3.60. The van der Waals surface area contributed by atoms with Crippen molar-refractivity contribution in [3.8, 4) is 11.5 Å². The van der Waals surface area contributed by atoms with E-state index in [-0.39, 0.29) is 11.7 Å². The van der Waals surface area contributed by atoms with E-state index in [2.05, 4.69) is 42.6 Å². The van der Waals surface area contributed by atoms with Gasteiger partial charge in [0.1, 0.15) is 19.0 Å². The van der Waals surface area contributed by atoms with Crippen LogP contribution in [-0.2, 0) is 11.2 Å². The molecule has 3 aromatic heterocycles. The van der Waals surface area contributed by atoms with Gasteiger partial charge in [-0.05, 0) is 24.3 Å². The molecule has 0 unspecified atom stereocenters. The van der Waals surface area contributed by atoms with Crippen molar-refractivity contribution in [2.24, 2.45) is 0 Å². The molecular formula is C21H19N5O3S3. The maximum atomic E-state index is 12.6. The Balaban J connectivity index is 1.13. The quantitative estimate of drug-likeness (QED) is 0.389. The Morgan fingerprint density at radius 1 is 1.22 bits per heavy atom. The van der Waals surface area contributed by atoms with E-state index in [0.29, 0.717) is 30.1 Å². The number of carbonyl (C=O) groups is 1. The van der Waals surface area contributed by atoms with Crippen LogP contribution < -0.4 is 14.8 Å². The molecule has 8 nitrogen and oxygen atoms in total. The molecule has 0 saturated heterocycles. The number of thiophene rings is 1. The first kappa shape index (κ1) is 20.0. The molecule has 4 aromatic rings. The lowest BCUT2D eigenvalue weighted by Gasteiger charge is -2.17. The summed E-state index contributed by atoms with van der Waals surface area (Å²) in [5.41, 5.74) is 0.786. The second-order valence-electron chi connectivity index (χ2n) is 7.58. The summed E-state index contributed by atoms with van der Waals surface area (Å²) in [7, 11) is 0. The Kier molecular flexibility index (Phi) is 5.24. The van der Waals surface area contributed by atoms with Gasteiger partial charge in [0.2, 0.25) is 5.91 Å². The van der Waals surface area contributed by atoms with Crippen molar-refractivity contribution in [1.29, 1.82) is 0 Å². The maximum absolute atomic E-state index is 12.6. The molecule has 1 fully saturated rings. The first-order valence-corrected chi connectivity index (χ1v) is 13.0. The number of thioether (sulfide) groups is 1. The lowest BCUT2D eigenvalue weighted by Crippen LogP contribution is -2.15. The van der Waals surface area contributed by atoms with E-state index in [1.54, 1.807) is 11.3 Å². The zero-order valence-electron chi connectivity index (χ0n) is 16.9. The summed E-state index contributed by atoms with van der Waals surface area (Å²) in [4.78, 5) is 18.4. The van der Waals surface area contributed by atoms with E-state index >= 15 is 0 Å². The second kappa shape index (κ2) is 8.38. The zero-order chi connectivity index (χ0) is 21.5. The summed E-state index contributed by atoms with van der Waals surface area (Å²) in [6, 6.07) is 8.39. The molecule has 1 aliphatic carbocycles. The Bertz CT molecular complexity index is 1240. The lowest BCUT2D eigenvalue weighted by molar-refractivity contribution is -0.113. The number of rotatable bonds is 7. The van der Waals surface area contributed by atoms with Crippen LogP contribution in [0.5, 0.6) is 11.5 Å². The smallest absolute Gasteiger partial charge is 0.236 e. The van der Waals surface area contributed by atoms with Crippen molar-refractivity contribution in [3.05, 3.63) is 40.3 Å². The summed E-state index contributed by atoms with van der Waals surface area (Å²) in [6.45, 7) is 1.07. The molecule has 0 radical (unpaired) electrons. The number of amides is 1. The number of aromatic nitrogens is 4. The zero-order valence-corrected chi connectivity index (χ0v) is 19.4. The van der Waals surface area contributed by atoms with Crippen molar-refractivity contribution in [3.63, 3.8) is 0 Å². The van der Waals surface area contributed by atoms with E-state index in [4.69, 9.17) is 9.47 Å². The third kappa shape index (κ3) is 4.07. The number of hydrogen-bond acceptors (Lipinski definition) is 9. The summed E-state index contributed by atoms with van der Waals surface area (Å²) in [6.07, 6.45) is 3.05. The van der Waals surface area contributed by atoms with Crippen LogP contribution in [0.1, 0.15) is 29.6 Å². The highest BCUT2D eigenvalue weighted by atomic mass is 32.2. The Morgan fingerprint density at radius 3 is 2.84 bits per heavy atom. The summed E-state index contributed by atoms with van der Waals surface area (Å²) >= 11 is 4.57. The van der Waals surface area contributed by atoms with Crippen LogP contribution in [0.25, 0.3) is 10.2 Å². The van der Waals surface area contributed by atoms with Crippen molar-refractivity contribution in [2.75, 3.05) is 24.3 Å². The average Bonchev–Trinajstić information content (AvgIpc) is 3.17. The van der Waals surface area contributed by atoms with Gasteiger partial charge in [0, 0.05) is 29.5 Å². The summed E-state index contributed by atoms with van der Waals surface area (Å²) in [5.74, 6) is 2.52. The molecule has 6 rings (SSSR count). The third-order valence-electron chi connectivity index (χ3n) is 5.19. The maximum Gasteiger partial charge on any atom is 0.236 e. The number of benzene rings is 1. The standard InChI is InChI=1S/C21H19N5O3S3/c27-19(23-20-22-14-9-15-16(10-17(14)32-20)29-6-5-28-15)11-31-21-25-24-18(26(21)12-3-4-12)8-13-2-1-7-30-13/h1-2,7,9-10,12H,3-6,8,11H2,(H,22,23,27). The number of nitrogens with one attached hydrogen (secondary N) is 1. The molecule has 2 aliphatic rings. The SMILES string of the molecule is O=C(CSc1nnc(Cc2cccs2)n1C1CC1)Nc1nc2cc3c(cc2s1)OCCO3. The van der Waals surface area contributed by atoms with Gasteiger partial charge in [0.15, 0.2) is 21.8 Å². The first-order valence-electron chi connectivity index (χ1n) is 10.3. The van der Waals surface area contributed by atoms with Gasteiger partial charge in [-0.2, -0.15) is 0 Å². The van der Waals surface area contributed by atoms with Gasteiger partial charge in [0.25, 0.3) is 0 Å². The fraction of sp³-hybridized carbons (Fsp3) is 0.333. The number of nitrogens with zero attached hydrogens (tertiary/aromatic N) is 4. The Labute approximate surface area is 196 Å². The predicted octanol–water partition coefficient (Wildman–Crippen LogP) is 4.38. The normalized spacial score (nSPS) is 15.2. The topological polar surface area (TPSA) is 91.2 Å². The monoisotopic (exact) mass is 485 g/mol. The van der Waals surface area contributed by atoms with Gasteiger partial charge >= 0.3 is 0 Å². The van der Waals surface area contributed by atoms with E-state index in [1.165, 1.54) is 28.0 Å². The van der Waals surface area contributed by atoms with Crippen molar-refractivity contribution < 1.29 is 14.3 Å². The molecule has 0 atom stereocenters. The van der Waals surface area contributed by atoms with Gasteiger partial charge < -0.3 is 19.4 Å². The predicted molar refractivity (Wildman–Crippen MR) is 125 cm³/mol. The molecule has 1 N–H and O–H groups in total. The Morgan fingerprint density at radius 2 is 2.06 bits per heavy atom. The summed E-state index contributed by atoms with van der Waals surface area (Å²) in [5, 5.41) is 15.1. The number of fused-ring (bicyclic) bond motifs is 2. The molecule has 1 saturated carbocycles. The minimum atomic E-state index is -0.114. The molecule has 0 bridgehead atoms. The van der Waals surface area contributed by atoms with Gasteiger partial charge in [-0.15, -0.1) is 21.5 Å². The van der Waals surface area contributed by atoms with E-state index in [1.807, 2.05) is 12.1 Å². The minimum absolute atomic E-state index is 0.114. The molecule has 1 aromatic carbocycles. The van der Waals surface area contributed by atoms with E-state index < -0.39 is 0 Å². The number of carbonyl (C=O) groups excluding carboxylic acids is 1. The fourth-order valence-corrected chi connectivity index (χ4v) is 6.02. The third-order valence-corrected chi connectivity index (χ3v) is 7.94. The highest BCUT2D eigenvalue weighted by Crippen LogP contribution is 2.40. The minimum Gasteiger partial charge on any atom is -0.486 e. The molecule has 0 spiro atoms. The highest BCUT2D eigenvalue weighted by molar-refractivity contribution is 7.99. The molecular weight excluding hydrogens is 466 g/mol. The highest BCUT2D eigenvalue weighted by Gasteiger charge is 2.30. The van der Waals surface area contributed by atoms with Crippen LogP contribution in [0.2, 0.25) is 0 Å². The first-order chi connectivity index (χ1) is 15.7. The summed E-state index contributed by atoms with van der Waals surface area (Å²) < 4.78 is 14.4. The molecule has 4 heterocycles. The van der Waals surface area contributed by atoms with E-state index in [0.717, 1.165) is 46.2 Å². The van der Waals surface area contributed by atoms with Crippen LogP contribution in [0, 0.1) is 0 Å². The van der Waals surface area contributed by atoms with Crippen molar-refractivity contribution in [2.45, 2.75) is 30.5 Å². The van der Waals surface area contributed by atoms with Crippen LogP contribution in [-0.4, -0.2) is 44.6 Å². The molecule has 1 amide bonds. The van der Waals surface area contributed by atoms with Gasteiger partial charge in [-0.1, -0.05) is 29.2 Å².